The van der Waals surface area contributed by atoms with E-state index in [9.17, 15) is 9.90 Å². The van der Waals surface area contributed by atoms with Crippen LogP contribution in [0.15, 0.2) is 11.6 Å². The molecule has 1 atom stereocenters. The highest BCUT2D eigenvalue weighted by molar-refractivity contribution is 5.82. The molecule has 1 saturated carbocycles. The van der Waals surface area contributed by atoms with Gasteiger partial charge in [0, 0.05) is 6.08 Å². The molecular weight excluding hydrogens is 180 g/mol. The van der Waals surface area contributed by atoms with Crippen LogP contribution in [0.4, 0.5) is 0 Å². The zero-order valence-electron chi connectivity index (χ0n) is 8.66. The molecule has 0 saturated heterocycles. The minimum Gasteiger partial charge on any atom is -0.463 e. The van der Waals surface area contributed by atoms with Crippen molar-refractivity contribution < 1.29 is 14.6 Å². The molecule has 0 radical (unpaired) electrons. The van der Waals surface area contributed by atoms with Crippen LogP contribution in [-0.4, -0.2) is 23.8 Å². The van der Waals surface area contributed by atoms with Gasteiger partial charge in [-0.3, -0.25) is 0 Å². The molecule has 1 fully saturated rings. The summed E-state index contributed by atoms with van der Waals surface area (Å²) in [5.41, 5.74) is 0.834. The van der Waals surface area contributed by atoms with Gasteiger partial charge in [0.05, 0.1) is 12.7 Å². The molecular formula is C11H18O3. The number of rotatable bonds is 2. The third-order valence-electron chi connectivity index (χ3n) is 2.46. The van der Waals surface area contributed by atoms with Crippen molar-refractivity contribution in [2.45, 2.75) is 45.1 Å². The molecule has 0 aromatic carbocycles. The lowest BCUT2D eigenvalue weighted by Gasteiger charge is -2.10. The Bertz CT molecular complexity index is 221. The van der Waals surface area contributed by atoms with Crippen molar-refractivity contribution >= 4 is 5.97 Å². The Morgan fingerprint density at radius 3 is 3.07 bits per heavy atom. The summed E-state index contributed by atoms with van der Waals surface area (Å²) in [4.78, 5) is 11.2. The summed E-state index contributed by atoms with van der Waals surface area (Å²) in [6, 6.07) is 0. The molecule has 80 valence electrons. The van der Waals surface area contributed by atoms with Gasteiger partial charge in [-0.25, -0.2) is 4.79 Å². The van der Waals surface area contributed by atoms with Crippen LogP contribution in [0, 0.1) is 0 Å². The molecule has 0 aromatic rings. The maximum absolute atomic E-state index is 11.2. The van der Waals surface area contributed by atoms with Gasteiger partial charge in [-0.15, -0.1) is 0 Å². The summed E-state index contributed by atoms with van der Waals surface area (Å²) in [6.45, 7) is 2.17. The zero-order valence-corrected chi connectivity index (χ0v) is 8.66. The number of carbonyl (C=O) groups excluding carboxylic acids is 1. The van der Waals surface area contributed by atoms with Crippen molar-refractivity contribution in [2.75, 3.05) is 6.61 Å². The summed E-state index contributed by atoms with van der Waals surface area (Å²) in [7, 11) is 0. The first-order valence-electron chi connectivity index (χ1n) is 5.29. The molecule has 3 heteroatoms. The molecule has 14 heavy (non-hydrogen) atoms. The summed E-state index contributed by atoms with van der Waals surface area (Å²) in [6.07, 6.45) is 5.84. The number of carbonyl (C=O) groups is 1. The van der Waals surface area contributed by atoms with Gasteiger partial charge in [0.2, 0.25) is 0 Å². The molecule has 1 aliphatic carbocycles. The third-order valence-corrected chi connectivity index (χ3v) is 2.46. The van der Waals surface area contributed by atoms with Crippen LogP contribution >= 0.6 is 0 Å². The van der Waals surface area contributed by atoms with E-state index < -0.39 is 6.10 Å². The number of ether oxygens (including phenoxy) is 1. The minimum absolute atomic E-state index is 0.330. The largest absolute Gasteiger partial charge is 0.463 e. The van der Waals surface area contributed by atoms with Gasteiger partial charge < -0.3 is 9.84 Å². The molecule has 0 bridgehead atoms. The Labute approximate surface area is 84.8 Å². The first-order valence-corrected chi connectivity index (χ1v) is 5.29. The summed E-state index contributed by atoms with van der Waals surface area (Å²) in [5.74, 6) is -0.330. The SMILES string of the molecule is CCOC(=O)/C=C1/CCCCCC1O. The van der Waals surface area contributed by atoms with Gasteiger partial charge >= 0.3 is 5.97 Å². The van der Waals surface area contributed by atoms with Crippen molar-refractivity contribution in [3.05, 3.63) is 11.6 Å². The van der Waals surface area contributed by atoms with Crippen molar-refractivity contribution in [2.24, 2.45) is 0 Å². The second-order valence-corrected chi connectivity index (χ2v) is 3.59. The Morgan fingerprint density at radius 1 is 1.57 bits per heavy atom. The maximum Gasteiger partial charge on any atom is 0.330 e. The fourth-order valence-electron chi connectivity index (χ4n) is 1.70. The molecule has 0 aromatic heterocycles. The highest BCUT2D eigenvalue weighted by atomic mass is 16.5. The molecule has 0 heterocycles. The highest BCUT2D eigenvalue weighted by Gasteiger charge is 2.15. The molecule has 1 aliphatic rings. The number of aliphatic hydroxyl groups excluding tert-OH is 1. The summed E-state index contributed by atoms with van der Waals surface area (Å²) < 4.78 is 4.81. The van der Waals surface area contributed by atoms with Crippen LogP contribution in [0.2, 0.25) is 0 Å². The quantitative estimate of drug-likeness (QED) is 0.418. The van der Waals surface area contributed by atoms with Gasteiger partial charge in [0.25, 0.3) is 0 Å². The van der Waals surface area contributed by atoms with Gasteiger partial charge in [-0.1, -0.05) is 12.8 Å². The smallest absolute Gasteiger partial charge is 0.330 e. The van der Waals surface area contributed by atoms with E-state index >= 15 is 0 Å². The first-order chi connectivity index (χ1) is 6.74. The van der Waals surface area contributed by atoms with Crippen molar-refractivity contribution in [3.63, 3.8) is 0 Å². The lowest BCUT2D eigenvalue weighted by molar-refractivity contribution is -0.137. The molecule has 1 rings (SSSR count). The van der Waals surface area contributed by atoms with Gasteiger partial charge in [-0.05, 0) is 31.8 Å². The monoisotopic (exact) mass is 198 g/mol. The Morgan fingerprint density at radius 2 is 2.36 bits per heavy atom. The van der Waals surface area contributed by atoms with Crippen LogP contribution in [0.1, 0.15) is 39.0 Å². The second-order valence-electron chi connectivity index (χ2n) is 3.59. The zero-order chi connectivity index (χ0) is 10.4. The van der Waals surface area contributed by atoms with Crippen molar-refractivity contribution in [1.29, 1.82) is 0 Å². The number of esters is 1. The maximum atomic E-state index is 11.2. The summed E-state index contributed by atoms with van der Waals surface area (Å²) in [5, 5.41) is 9.69. The number of aliphatic hydroxyl groups is 1. The van der Waals surface area contributed by atoms with E-state index in [0.29, 0.717) is 6.61 Å². The lowest BCUT2D eigenvalue weighted by Crippen LogP contribution is -2.11. The van der Waals surface area contributed by atoms with Crippen LogP contribution in [0.3, 0.4) is 0 Å². The third kappa shape index (κ3) is 3.50. The lowest BCUT2D eigenvalue weighted by atomic mass is 10.1. The van der Waals surface area contributed by atoms with Crippen LogP contribution in [0.5, 0.6) is 0 Å². The molecule has 0 spiro atoms. The van der Waals surface area contributed by atoms with Crippen LogP contribution in [-0.2, 0) is 9.53 Å². The molecule has 0 aliphatic heterocycles. The Balaban J connectivity index is 2.57. The standard InChI is InChI=1S/C11H18O3/c1-2-14-11(13)8-9-6-4-3-5-7-10(9)12/h8,10,12H,2-7H2,1H3/b9-8-. The normalized spacial score (nSPS) is 25.9. The van der Waals surface area contributed by atoms with Crippen LogP contribution in [0.25, 0.3) is 0 Å². The van der Waals surface area contributed by atoms with E-state index in [1.54, 1.807) is 6.92 Å². The van der Waals surface area contributed by atoms with E-state index in [-0.39, 0.29) is 5.97 Å². The molecule has 3 nitrogen and oxygen atoms in total. The minimum atomic E-state index is -0.443. The van der Waals surface area contributed by atoms with E-state index in [0.717, 1.165) is 37.7 Å². The number of hydrogen-bond donors (Lipinski definition) is 1. The van der Waals surface area contributed by atoms with Crippen molar-refractivity contribution in [3.8, 4) is 0 Å². The average Bonchev–Trinajstić information content (AvgIpc) is 2.33. The first kappa shape index (κ1) is 11.2. The summed E-state index contributed by atoms with van der Waals surface area (Å²) >= 11 is 0. The van der Waals surface area contributed by atoms with E-state index in [1.807, 2.05) is 0 Å². The molecule has 1 N–H and O–H groups in total. The van der Waals surface area contributed by atoms with Gasteiger partial charge in [0.1, 0.15) is 0 Å². The Kier molecular flexibility index (Phi) is 4.66. The number of hydrogen-bond acceptors (Lipinski definition) is 3. The molecule has 1 unspecified atom stereocenters. The predicted octanol–water partition coefficient (Wildman–Crippen LogP) is 1.80. The highest BCUT2D eigenvalue weighted by Crippen LogP contribution is 2.22. The predicted molar refractivity (Wildman–Crippen MR) is 53.8 cm³/mol. The van der Waals surface area contributed by atoms with E-state index in [4.69, 9.17) is 4.74 Å². The fraction of sp³-hybridized carbons (Fsp3) is 0.727. The average molecular weight is 198 g/mol. The van der Waals surface area contributed by atoms with Crippen LogP contribution < -0.4 is 0 Å². The topological polar surface area (TPSA) is 46.5 Å². The second kappa shape index (κ2) is 5.81. The van der Waals surface area contributed by atoms with Gasteiger partial charge in [0.15, 0.2) is 0 Å². The van der Waals surface area contributed by atoms with E-state index in [2.05, 4.69) is 0 Å². The van der Waals surface area contributed by atoms with Gasteiger partial charge in [-0.2, -0.15) is 0 Å². The Hall–Kier alpha value is -0.830. The fourth-order valence-corrected chi connectivity index (χ4v) is 1.70. The molecule has 0 amide bonds. The van der Waals surface area contributed by atoms with E-state index in [1.165, 1.54) is 6.08 Å². The van der Waals surface area contributed by atoms with Crippen molar-refractivity contribution in [1.82, 2.24) is 0 Å².